The molecule has 1 aliphatic rings. The molecule has 0 atom stereocenters. The van der Waals surface area contributed by atoms with Crippen molar-refractivity contribution >= 4 is 37.3 Å². The van der Waals surface area contributed by atoms with Gasteiger partial charge in [0, 0.05) is 19.5 Å². The molecule has 9 heteroatoms. The summed E-state index contributed by atoms with van der Waals surface area (Å²) in [5, 5.41) is 3.17. The number of thiophene rings is 1. The number of fused-ring (bicyclic) bond motifs is 2. The third kappa shape index (κ3) is 3.91. The number of benzene rings is 1. The van der Waals surface area contributed by atoms with Gasteiger partial charge in [-0.15, -0.1) is 11.3 Å². The minimum atomic E-state index is -3.47. The molecular formula is C21H23N3O4S2. The fraction of sp³-hybridized carbons (Fsp3) is 0.381. The Balaban J connectivity index is 1.55. The van der Waals surface area contributed by atoms with Gasteiger partial charge in [0.2, 0.25) is 0 Å². The van der Waals surface area contributed by atoms with Crippen LogP contribution in [-0.2, 0) is 22.8 Å². The summed E-state index contributed by atoms with van der Waals surface area (Å²) in [5.41, 5.74) is 0.520. The number of amides is 1. The summed E-state index contributed by atoms with van der Waals surface area (Å²) in [6.45, 7) is 2.40. The Bertz CT molecular complexity index is 1260. The Hall–Kier alpha value is -2.52. The molecule has 0 aliphatic carbocycles. The second-order valence-electron chi connectivity index (χ2n) is 7.42. The lowest BCUT2D eigenvalue weighted by Gasteiger charge is -2.08. The number of rotatable bonds is 5. The minimum absolute atomic E-state index is 0.00728. The molecule has 1 aliphatic heterocycles. The van der Waals surface area contributed by atoms with Crippen molar-refractivity contribution in [3.05, 3.63) is 57.0 Å². The number of nitrogens with zero attached hydrogens (tertiary/aromatic N) is 2. The summed E-state index contributed by atoms with van der Waals surface area (Å²) in [6, 6.07) is 8.16. The zero-order valence-electron chi connectivity index (χ0n) is 16.7. The van der Waals surface area contributed by atoms with Crippen molar-refractivity contribution in [1.29, 1.82) is 0 Å². The average Bonchev–Trinajstić information content (AvgIpc) is 2.89. The lowest BCUT2D eigenvalue weighted by Crippen LogP contribution is -2.29. The number of carbonyl (C=O) groups is 1. The van der Waals surface area contributed by atoms with Gasteiger partial charge in [-0.25, -0.2) is 13.4 Å². The highest BCUT2D eigenvalue weighted by atomic mass is 32.2. The Morgan fingerprint density at radius 1 is 1.20 bits per heavy atom. The van der Waals surface area contributed by atoms with Crippen molar-refractivity contribution in [1.82, 2.24) is 14.9 Å². The van der Waals surface area contributed by atoms with Crippen molar-refractivity contribution < 1.29 is 13.2 Å². The van der Waals surface area contributed by atoms with Crippen LogP contribution in [0.4, 0.5) is 0 Å². The fourth-order valence-electron chi connectivity index (χ4n) is 3.75. The van der Waals surface area contributed by atoms with Crippen LogP contribution in [0.1, 0.15) is 40.3 Å². The standard InChI is InChI=1S/C21H23N3O4S2/c1-14-17-20(23-16-10-6-3-7-12-24(16)21(17)26)29-18(14)19(25)22-11-13-30(27,28)15-8-4-2-5-9-15/h2,4-5,8-9H,3,6-7,10-13H2,1H3,(H,22,25). The smallest absolute Gasteiger partial charge is 0.262 e. The van der Waals surface area contributed by atoms with Gasteiger partial charge in [0.15, 0.2) is 9.84 Å². The van der Waals surface area contributed by atoms with E-state index in [0.29, 0.717) is 27.2 Å². The molecule has 4 rings (SSSR count). The molecule has 30 heavy (non-hydrogen) atoms. The fourth-order valence-corrected chi connectivity index (χ4v) is 6.04. The maximum absolute atomic E-state index is 13.0. The van der Waals surface area contributed by atoms with Gasteiger partial charge in [0.1, 0.15) is 10.7 Å². The largest absolute Gasteiger partial charge is 0.350 e. The first kappa shape index (κ1) is 20.7. The first-order chi connectivity index (χ1) is 14.4. The highest BCUT2D eigenvalue weighted by molar-refractivity contribution is 7.91. The molecule has 1 aromatic carbocycles. The number of aryl methyl sites for hydroxylation is 2. The van der Waals surface area contributed by atoms with Gasteiger partial charge in [0.25, 0.3) is 11.5 Å². The van der Waals surface area contributed by atoms with E-state index in [1.165, 1.54) is 23.5 Å². The summed E-state index contributed by atoms with van der Waals surface area (Å²) >= 11 is 1.19. The molecule has 158 valence electrons. The lowest BCUT2D eigenvalue weighted by atomic mass is 10.2. The van der Waals surface area contributed by atoms with E-state index < -0.39 is 9.84 Å². The predicted molar refractivity (Wildman–Crippen MR) is 117 cm³/mol. The van der Waals surface area contributed by atoms with Crippen LogP contribution in [0.25, 0.3) is 10.2 Å². The van der Waals surface area contributed by atoms with Crippen molar-refractivity contribution in [3.8, 4) is 0 Å². The molecule has 1 N–H and O–H groups in total. The van der Waals surface area contributed by atoms with Crippen LogP contribution in [0, 0.1) is 6.92 Å². The Morgan fingerprint density at radius 3 is 2.73 bits per heavy atom. The summed E-state index contributed by atoms with van der Waals surface area (Å²) in [5.74, 6) is 0.215. The third-order valence-electron chi connectivity index (χ3n) is 5.38. The van der Waals surface area contributed by atoms with Crippen molar-refractivity contribution in [2.24, 2.45) is 0 Å². The van der Waals surface area contributed by atoms with Crippen LogP contribution in [0.15, 0.2) is 40.0 Å². The Kier molecular flexibility index (Phi) is 5.75. The van der Waals surface area contributed by atoms with E-state index in [9.17, 15) is 18.0 Å². The third-order valence-corrected chi connectivity index (χ3v) is 8.29. The molecule has 3 heterocycles. The maximum Gasteiger partial charge on any atom is 0.262 e. The van der Waals surface area contributed by atoms with Crippen LogP contribution in [0.3, 0.4) is 0 Å². The molecule has 0 bridgehead atoms. The van der Waals surface area contributed by atoms with Gasteiger partial charge in [-0.2, -0.15) is 0 Å². The van der Waals surface area contributed by atoms with Crippen LogP contribution in [0.5, 0.6) is 0 Å². The summed E-state index contributed by atoms with van der Waals surface area (Å²) in [7, 11) is -3.47. The van der Waals surface area contributed by atoms with Crippen LogP contribution in [-0.4, -0.2) is 36.2 Å². The first-order valence-corrected chi connectivity index (χ1v) is 12.4. The van der Waals surface area contributed by atoms with Crippen LogP contribution in [0.2, 0.25) is 0 Å². The zero-order chi connectivity index (χ0) is 21.3. The molecule has 2 aromatic heterocycles. The summed E-state index contributed by atoms with van der Waals surface area (Å²) < 4.78 is 26.5. The van der Waals surface area contributed by atoms with Gasteiger partial charge in [-0.05, 0) is 37.5 Å². The molecule has 0 fully saturated rings. The number of carbonyl (C=O) groups excluding carboxylic acids is 1. The van der Waals surface area contributed by atoms with Crippen molar-refractivity contribution in [2.45, 2.75) is 44.0 Å². The maximum atomic E-state index is 13.0. The van der Waals surface area contributed by atoms with E-state index in [0.717, 1.165) is 31.5 Å². The van der Waals surface area contributed by atoms with E-state index in [-0.39, 0.29) is 28.7 Å². The zero-order valence-corrected chi connectivity index (χ0v) is 18.3. The first-order valence-electron chi connectivity index (χ1n) is 9.97. The van der Waals surface area contributed by atoms with E-state index in [4.69, 9.17) is 0 Å². The molecule has 0 saturated heterocycles. The molecule has 3 aromatic rings. The van der Waals surface area contributed by atoms with Gasteiger partial charge in [-0.3, -0.25) is 14.2 Å². The molecule has 0 radical (unpaired) electrons. The molecule has 0 saturated carbocycles. The molecular weight excluding hydrogens is 422 g/mol. The Morgan fingerprint density at radius 2 is 1.97 bits per heavy atom. The minimum Gasteiger partial charge on any atom is -0.350 e. The molecule has 7 nitrogen and oxygen atoms in total. The topological polar surface area (TPSA) is 98.1 Å². The molecule has 0 spiro atoms. The van der Waals surface area contributed by atoms with Gasteiger partial charge < -0.3 is 5.32 Å². The van der Waals surface area contributed by atoms with Crippen molar-refractivity contribution in [2.75, 3.05) is 12.3 Å². The highest BCUT2D eigenvalue weighted by Crippen LogP contribution is 2.28. The number of nitrogens with one attached hydrogen (secondary N) is 1. The predicted octanol–water partition coefficient (Wildman–Crippen LogP) is 2.70. The van der Waals surface area contributed by atoms with Gasteiger partial charge >= 0.3 is 0 Å². The van der Waals surface area contributed by atoms with E-state index >= 15 is 0 Å². The highest BCUT2D eigenvalue weighted by Gasteiger charge is 2.22. The molecule has 1 amide bonds. The van der Waals surface area contributed by atoms with Crippen LogP contribution < -0.4 is 10.9 Å². The Labute approximate surface area is 178 Å². The van der Waals surface area contributed by atoms with E-state index in [1.54, 1.807) is 29.7 Å². The normalized spacial score (nSPS) is 14.3. The quantitative estimate of drug-likeness (QED) is 0.651. The number of sulfone groups is 1. The van der Waals surface area contributed by atoms with Crippen molar-refractivity contribution in [3.63, 3.8) is 0 Å². The lowest BCUT2D eigenvalue weighted by molar-refractivity contribution is 0.0959. The SMILES string of the molecule is Cc1c(C(=O)NCCS(=O)(=O)c2ccccc2)sc2nc3n(c(=O)c12)CCCCC3. The van der Waals surface area contributed by atoms with Crippen LogP contribution >= 0.6 is 11.3 Å². The monoisotopic (exact) mass is 445 g/mol. The number of hydrogen-bond donors (Lipinski definition) is 1. The summed E-state index contributed by atoms with van der Waals surface area (Å²) in [6.07, 6.45) is 3.80. The van der Waals surface area contributed by atoms with Gasteiger partial charge in [0.05, 0.1) is 20.9 Å². The van der Waals surface area contributed by atoms with Gasteiger partial charge in [-0.1, -0.05) is 24.6 Å². The molecule has 0 unspecified atom stereocenters. The number of hydrogen-bond acceptors (Lipinski definition) is 6. The number of aromatic nitrogens is 2. The van der Waals surface area contributed by atoms with E-state index in [2.05, 4.69) is 10.3 Å². The second-order valence-corrected chi connectivity index (χ2v) is 10.5. The second kappa shape index (κ2) is 8.31. The average molecular weight is 446 g/mol. The summed E-state index contributed by atoms with van der Waals surface area (Å²) in [4.78, 5) is 31.6. The van der Waals surface area contributed by atoms with E-state index in [1.807, 2.05) is 0 Å².